The van der Waals surface area contributed by atoms with Gasteiger partial charge in [0.25, 0.3) is 0 Å². The predicted molar refractivity (Wildman–Crippen MR) is 120 cm³/mol. The summed E-state index contributed by atoms with van der Waals surface area (Å²) in [5, 5.41) is 13.4. The predicted octanol–water partition coefficient (Wildman–Crippen LogP) is 3.94. The number of likely N-dealkylation sites (tertiary alicyclic amines) is 1. The van der Waals surface area contributed by atoms with Crippen LogP contribution in [-0.2, 0) is 17.8 Å². The lowest BCUT2D eigenvalue weighted by Crippen LogP contribution is -2.39. The van der Waals surface area contributed by atoms with Crippen molar-refractivity contribution in [2.75, 3.05) is 13.1 Å². The Bertz CT molecular complexity index is 1140. The van der Waals surface area contributed by atoms with Gasteiger partial charge in [0, 0.05) is 31.1 Å². The topological polar surface area (TPSA) is 90.6 Å². The van der Waals surface area contributed by atoms with Gasteiger partial charge < -0.3 is 9.88 Å². The van der Waals surface area contributed by atoms with Crippen molar-refractivity contribution in [2.24, 2.45) is 0 Å². The number of carbonyl (C=O) groups excluding carboxylic acids is 1. The number of piperidine rings is 1. The molecule has 0 unspecified atom stereocenters. The van der Waals surface area contributed by atoms with Crippen LogP contribution < -0.4 is 0 Å². The molecule has 1 N–H and O–H groups in total. The standard InChI is InChI=1S/C24H30N6O/c1-16-7-9-21-22(14-16)27-24(26-21)19-6-4-12-29(15-19)23(31)10-8-20-17(2)28-30(18(20)3)13-5-11-25/h7,9,14,19H,4-6,8,10,12-13,15H2,1-3H3,(H,26,27)/t19-/m0/s1. The van der Waals surface area contributed by atoms with E-state index < -0.39 is 0 Å². The van der Waals surface area contributed by atoms with E-state index >= 15 is 0 Å². The third-order valence-corrected chi connectivity index (χ3v) is 6.37. The number of benzene rings is 1. The van der Waals surface area contributed by atoms with Crippen LogP contribution in [0.15, 0.2) is 18.2 Å². The molecule has 0 saturated carbocycles. The van der Waals surface area contributed by atoms with Gasteiger partial charge in [-0.1, -0.05) is 6.07 Å². The molecule has 162 valence electrons. The average Bonchev–Trinajstić information content (AvgIpc) is 3.30. The molecule has 1 aromatic carbocycles. The van der Waals surface area contributed by atoms with Gasteiger partial charge in [-0.3, -0.25) is 9.48 Å². The first-order valence-corrected chi connectivity index (χ1v) is 11.1. The van der Waals surface area contributed by atoms with Crippen LogP contribution in [0.1, 0.15) is 59.9 Å². The molecule has 1 saturated heterocycles. The van der Waals surface area contributed by atoms with Crippen molar-refractivity contribution < 1.29 is 4.79 Å². The fourth-order valence-corrected chi connectivity index (χ4v) is 4.62. The Kier molecular flexibility index (Phi) is 6.08. The number of imidazole rings is 1. The number of nitrogens with zero attached hydrogens (tertiary/aromatic N) is 5. The number of amides is 1. The van der Waals surface area contributed by atoms with Gasteiger partial charge in [-0.25, -0.2) is 4.98 Å². The van der Waals surface area contributed by atoms with Gasteiger partial charge in [0.15, 0.2) is 0 Å². The van der Waals surface area contributed by atoms with E-state index in [1.807, 2.05) is 23.4 Å². The van der Waals surface area contributed by atoms with Crippen LogP contribution in [0, 0.1) is 32.1 Å². The maximum absolute atomic E-state index is 13.0. The summed E-state index contributed by atoms with van der Waals surface area (Å²) in [6, 6.07) is 8.42. The normalized spacial score (nSPS) is 16.6. The van der Waals surface area contributed by atoms with E-state index in [2.05, 4.69) is 41.3 Å². The highest BCUT2D eigenvalue weighted by Crippen LogP contribution is 2.28. The molecule has 7 nitrogen and oxygen atoms in total. The lowest BCUT2D eigenvalue weighted by atomic mass is 9.96. The van der Waals surface area contributed by atoms with Crippen LogP contribution in [0.2, 0.25) is 0 Å². The van der Waals surface area contributed by atoms with E-state index in [0.29, 0.717) is 25.8 Å². The van der Waals surface area contributed by atoms with Crippen molar-refractivity contribution in [1.29, 1.82) is 5.26 Å². The minimum Gasteiger partial charge on any atom is -0.342 e. The number of nitriles is 1. The maximum atomic E-state index is 13.0. The van der Waals surface area contributed by atoms with Crippen LogP contribution in [0.25, 0.3) is 11.0 Å². The molecule has 0 bridgehead atoms. The van der Waals surface area contributed by atoms with Crippen molar-refractivity contribution in [3.05, 3.63) is 46.5 Å². The molecule has 0 radical (unpaired) electrons. The largest absolute Gasteiger partial charge is 0.342 e. The van der Waals surface area contributed by atoms with Crippen molar-refractivity contribution in [3.8, 4) is 6.07 Å². The Morgan fingerprint density at radius 2 is 2.16 bits per heavy atom. The second kappa shape index (κ2) is 8.93. The Labute approximate surface area is 183 Å². The monoisotopic (exact) mass is 418 g/mol. The average molecular weight is 419 g/mol. The van der Waals surface area contributed by atoms with Crippen LogP contribution in [0.5, 0.6) is 0 Å². The molecule has 7 heteroatoms. The highest BCUT2D eigenvalue weighted by atomic mass is 16.2. The van der Waals surface area contributed by atoms with Gasteiger partial charge in [-0.05, 0) is 63.3 Å². The number of fused-ring (bicyclic) bond motifs is 1. The number of aryl methyl sites for hydroxylation is 3. The lowest BCUT2D eigenvalue weighted by molar-refractivity contribution is -0.132. The van der Waals surface area contributed by atoms with E-state index in [9.17, 15) is 4.79 Å². The third-order valence-electron chi connectivity index (χ3n) is 6.37. The van der Waals surface area contributed by atoms with E-state index in [-0.39, 0.29) is 11.8 Å². The quantitative estimate of drug-likeness (QED) is 0.656. The number of carbonyl (C=O) groups is 1. The highest BCUT2D eigenvalue weighted by molar-refractivity contribution is 5.77. The molecule has 1 aliphatic rings. The smallest absolute Gasteiger partial charge is 0.222 e. The second-order valence-electron chi connectivity index (χ2n) is 8.60. The van der Waals surface area contributed by atoms with Gasteiger partial charge in [0.1, 0.15) is 5.82 Å². The van der Waals surface area contributed by atoms with Gasteiger partial charge in [0.2, 0.25) is 5.91 Å². The molecule has 1 amide bonds. The molecule has 1 atom stereocenters. The maximum Gasteiger partial charge on any atom is 0.222 e. The van der Waals surface area contributed by atoms with Crippen LogP contribution in [0.4, 0.5) is 0 Å². The Hall–Kier alpha value is -3.14. The number of H-pyrrole nitrogens is 1. The summed E-state index contributed by atoms with van der Waals surface area (Å²) in [6.45, 7) is 8.22. The molecule has 3 aromatic rings. The highest BCUT2D eigenvalue weighted by Gasteiger charge is 2.27. The molecule has 0 aliphatic carbocycles. The van der Waals surface area contributed by atoms with Crippen molar-refractivity contribution in [2.45, 2.75) is 65.3 Å². The molecule has 2 aromatic heterocycles. The first kappa shape index (κ1) is 21.1. The minimum absolute atomic E-state index is 0.195. The van der Waals surface area contributed by atoms with Crippen LogP contribution >= 0.6 is 0 Å². The van der Waals surface area contributed by atoms with Crippen molar-refractivity contribution in [3.63, 3.8) is 0 Å². The van der Waals surface area contributed by atoms with Crippen molar-refractivity contribution in [1.82, 2.24) is 24.6 Å². The number of hydrogen-bond donors (Lipinski definition) is 1. The summed E-state index contributed by atoms with van der Waals surface area (Å²) in [6.07, 6.45) is 3.66. The summed E-state index contributed by atoms with van der Waals surface area (Å²) < 4.78 is 1.89. The number of nitrogens with one attached hydrogen (secondary N) is 1. The van der Waals surface area contributed by atoms with E-state index in [0.717, 1.165) is 59.7 Å². The molecular formula is C24H30N6O. The Balaban J connectivity index is 1.40. The molecule has 1 fully saturated rings. The molecule has 0 spiro atoms. The zero-order valence-electron chi connectivity index (χ0n) is 18.6. The molecule has 1 aliphatic heterocycles. The van der Waals surface area contributed by atoms with E-state index in [4.69, 9.17) is 10.2 Å². The molecule has 31 heavy (non-hydrogen) atoms. The second-order valence-corrected chi connectivity index (χ2v) is 8.60. The molecular weight excluding hydrogens is 388 g/mol. The Morgan fingerprint density at radius 3 is 2.97 bits per heavy atom. The van der Waals surface area contributed by atoms with Crippen LogP contribution in [0.3, 0.4) is 0 Å². The fraction of sp³-hybridized carbons (Fsp3) is 0.500. The Morgan fingerprint density at radius 1 is 1.32 bits per heavy atom. The first-order chi connectivity index (χ1) is 15.0. The fourth-order valence-electron chi connectivity index (χ4n) is 4.62. The SMILES string of the molecule is Cc1ccc2nc([C@H]3CCCN(C(=O)CCc4c(C)nn(CCC#N)c4C)C3)[nH]c2c1. The number of aromatic nitrogens is 4. The summed E-state index contributed by atoms with van der Waals surface area (Å²) in [5.41, 5.74) is 6.42. The molecule has 4 rings (SSSR count). The lowest BCUT2D eigenvalue weighted by Gasteiger charge is -2.32. The summed E-state index contributed by atoms with van der Waals surface area (Å²) >= 11 is 0. The van der Waals surface area contributed by atoms with Gasteiger partial charge in [-0.2, -0.15) is 10.4 Å². The van der Waals surface area contributed by atoms with Crippen molar-refractivity contribution >= 4 is 16.9 Å². The van der Waals surface area contributed by atoms with Crippen LogP contribution in [-0.4, -0.2) is 43.6 Å². The first-order valence-electron chi connectivity index (χ1n) is 11.1. The summed E-state index contributed by atoms with van der Waals surface area (Å²) in [7, 11) is 0. The van der Waals surface area contributed by atoms with Gasteiger partial charge in [0.05, 0.1) is 35.8 Å². The number of rotatable bonds is 6. The minimum atomic E-state index is 0.195. The third kappa shape index (κ3) is 4.48. The van der Waals surface area contributed by atoms with Gasteiger partial charge in [-0.15, -0.1) is 0 Å². The van der Waals surface area contributed by atoms with E-state index in [1.54, 1.807) is 0 Å². The van der Waals surface area contributed by atoms with E-state index in [1.165, 1.54) is 5.56 Å². The number of hydrogen-bond acceptors (Lipinski definition) is 4. The zero-order valence-corrected chi connectivity index (χ0v) is 18.6. The van der Waals surface area contributed by atoms with Gasteiger partial charge >= 0.3 is 0 Å². The zero-order chi connectivity index (χ0) is 22.0. The summed E-state index contributed by atoms with van der Waals surface area (Å²) in [4.78, 5) is 23.3. The number of aromatic amines is 1. The molecule has 3 heterocycles. The summed E-state index contributed by atoms with van der Waals surface area (Å²) in [5.74, 6) is 1.44.